The molecule has 0 N–H and O–H groups in total. The van der Waals surface area contributed by atoms with Crippen LogP contribution >= 0.6 is 0 Å². The predicted molar refractivity (Wildman–Crippen MR) is 161 cm³/mol. The first-order valence-electron chi connectivity index (χ1n) is 15.8. The molecule has 218 valence electrons. The van der Waals surface area contributed by atoms with Crippen molar-refractivity contribution >= 4 is 22.8 Å². The van der Waals surface area contributed by atoms with Crippen LogP contribution in [0.5, 0.6) is 5.75 Å². The SMILES string of the molecule is CCn1c(CCCC(=O)N2CCC3(CCCCc4ccccc4OC[C@@H]4CCCN4C3=O)CC2)nc2ccccc21. The minimum absolute atomic E-state index is 0.138. The van der Waals surface area contributed by atoms with Gasteiger partial charge in [0, 0.05) is 39.0 Å². The Morgan fingerprint density at radius 2 is 1.80 bits per heavy atom. The minimum Gasteiger partial charge on any atom is -0.491 e. The first-order valence-corrected chi connectivity index (χ1v) is 15.8. The molecule has 2 aromatic carbocycles. The summed E-state index contributed by atoms with van der Waals surface area (Å²) < 4.78 is 8.55. The number of para-hydroxylation sites is 3. The maximum atomic E-state index is 14.2. The van der Waals surface area contributed by atoms with Gasteiger partial charge in [-0.25, -0.2) is 4.98 Å². The topological polar surface area (TPSA) is 67.7 Å². The van der Waals surface area contributed by atoms with Crippen LogP contribution in [0.25, 0.3) is 11.0 Å². The lowest BCUT2D eigenvalue weighted by Crippen LogP contribution is -2.53. The van der Waals surface area contributed by atoms with E-state index in [0.717, 1.165) is 99.9 Å². The number of hydrogen-bond donors (Lipinski definition) is 0. The standard InChI is InChI=1S/C34H44N4O3/c1-2-37-29-15-5-4-14-28(29)35-31(37)17-9-18-32(39)36-23-20-34(21-24-36)19-8-7-12-26-11-3-6-16-30(26)41-25-27-13-10-22-38(27)33(34)40/h3-6,11,14-16,27H,2,7-10,12-13,17-25H2,1H3/t27-/m0/s1. The largest absolute Gasteiger partial charge is 0.491 e. The van der Waals surface area contributed by atoms with E-state index in [1.54, 1.807) is 0 Å². The zero-order valence-corrected chi connectivity index (χ0v) is 24.5. The van der Waals surface area contributed by atoms with Crippen molar-refractivity contribution in [3.8, 4) is 5.75 Å². The second kappa shape index (κ2) is 12.3. The lowest BCUT2D eigenvalue weighted by molar-refractivity contribution is -0.150. The Balaban J connectivity index is 1.08. The zero-order chi connectivity index (χ0) is 28.2. The normalized spacial score (nSPS) is 21.2. The van der Waals surface area contributed by atoms with E-state index in [-0.39, 0.29) is 17.4 Å². The van der Waals surface area contributed by atoms with Crippen molar-refractivity contribution < 1.29 is 14.3 Å². The molecule has 0 aliphatic carbocycles. The van der Waals surface area contributed by atoms with Gasteiger partial charge >= 0.3 is 0 Å². The van der Waals surface area contributed by atoms with Gasteiger partial charge in [0.05, 0.1) is 22.5 Å². The Morgan fingerprint density at radius 3 is 2.66 bits per heavy atom. The second-order valence-electron chi connectivity index (χ2n) is 12.2. The van der Waals surface area contributed by atoms with E-state index in [1.165, 1.54) is 5.56 Å². The Labute approximate surface area is 243 Å². The maximum Gasteiger partial charge on any atom is 0.229 e. The third-order valence-corrected chi connectivity index (χ3v) is 9.76. The summed E-state index contributed by atoms with van der Waals surface area (Å²) in [7, 11) is 0. The number of aryl methyl sites for hydroxylation is 3. The van der Waals surface area contributed by atoms with Crippen molar-refractivity contribution in [3.63, 3.8) is 0 Å². The van der Waals surface area contributed by atoms with Crippen LogP contribution in [0.4, 0.5) is 0 Å². The van der Waals surface area contributed by atoms with Crippen LogP contribution in [0.1, 0.15) is 76.1 Å². The number of rotatable bonds is 5. The molecule has 41 heavy (non-hydrogen) atoms. The lowest BCUT2D eigenvalue weighted by Gasteiger charge is -2.44. The van der Waals surface area contributed by atoms with Crippen molar-refractivity contribution in [1.29, 1.82) is 0 Å². The van der Waals surface area contributed by atoms with Crippen LogP contribution in [0.3, 0.4) is 0 Å². The molecule has 1 atom stereocenters. The summed E-state index contributed by atoms with van der Waals surface area (Å²) in [5.41, 5.74) is 3.10. The number of aromatic nitrogens is 2. The summed E-state index contributed by atoms with van der Waals surface area (Å²) >= 11 is 0. The fourth-order valence-corrected chi connectivity index (χ4v) is 7.38. The van der Waals surface area contributed by atoms with Crippen molar-refractivity contribution in [2.75, 3.05) is 26.2 Å². The average Bonchev–Trinajstić information content (AvgIpc) is 3.62. The second-order valence-corrected chi connectivity index (χ2v) is 12.2. The molecule has 3 aromatic rings. The van der Waals surface area contributed by atoms with Crippen LogP contribution in [0, 0.1) is 5.41 Å². The number of benzene rings is 2. The highest BCUT2D eigenvalue weighted by Gasteiger charge is 2.46. The van der Waals surface area contributed by atoms with Crippen LogP contribution in [0.2, 0.25) is 0 Å². The van der Waals surface area contributed by atoms with Crippen LogP contribution in [-0.2, 0) is 29.0 Å². The number of hydrogen-bond acceptors (Lipinski definition) is 4. The Morgan fingerprint density at radius 1 is 1.00 bits per heavy atom. The average molecular weight is 557 g/mol. The molecule has 3 aliphatic heterocycles. The summed E-state index contributed by atoms with van der Waals surface area (Å²) in [5, 5.41) is 0. The fraction of sp³-hybridized carbons (Fsp3) is 0.559. The zero-order valence-electron chi connectivity index (χ0n) is 24.5. The van der Waals surface area contributed by atoms with Crippen LogP contribution < -0.4 is 4.74 Å². The molecule has 2 saturated heterocycles. The van der Waals surface area contributed by atoms with Gasteiger partial charge in [-0.2, -0.15) is 0 Å². The van der Waals surface area contributed by atoms with Crippen LogP contribution in [0.15, 0.2) is 48.5 Å². The monoisotopic (exact) mass is 556 g/mol. The molecule has 2 fully saturated rings. The number of carbonyl (C=O) groups excluding carboxylic acids is 2. The molecule has 1 spiro atoms. The molecule has 0 radical (unpaired) electrons. The number of likely N-dealkylation sites (tertiary alicyclic amines) is 1. The molecule has 1 aromatic heterocycles. The van der Waals surface area contributed by atoms with E-state index in [1.807, 2.05) is 17.0 Å². The van der Waals surface area contributed by atoms with Gasteiger partial charge in [-0.3, -0.25) is 9.59 Å². The number of ether oxygens (including phenoxy) is 1. The Hall–Kier alpha value is -3.35. The van der Waals surface area contributed by atoms with E-state index in [2.05, 4.69) is 52.8 Å². The summed E-state index contributed by atoms with van der Waals surface area (Å²) in [6.07, 6.45) is 9.64. The number of amides is 2. The molecule has 7 nitrogen and oxygen atoms in total. The molecule has 3 aliphatic rings. The molecular weight excluding hydrogens is 512 g/mol. The number of nitrogens with zero attached hydrogens (tertiary/aromatic N) is 4. The van der Waals surface area contributed by atoms with Crippen molar-refractivity contribution in [2.24, 2.45) is 5.41 Å². The maximum absolute atomic E-state index is 14.2. The van der Waals surface area contributed by atoms with Gasteiger partial charge in [0.2, 0.25) is 11.8 Å². The van der Waals surface area contributed by atoms with Gasteiger partial charge < -0.3 is 19.1 Å². The van der Waals surface area contributed by atoms with E-state index in [0.29, 0.717) is 32.0 Å². The first kappa shape index (κ1) is 27.8. The highest BCUT2D eigenvalue weighted by Crippen LogP contribution is 2.41. The third-order valence-electron chi connectivity index (χ3n) is 9.76. The summed E-state index contributed by atoms with van der Waals surface area (Å²) in [4.78, 5) is 36.4. The predicted octanol–water partition coefficient (Wildman–Crippen LogP) is 5.78. The van der Waals surface area contributed by atoms with E-state index < -0.39 is 0 Å². The Bertz CT molecular complexity index is 1370. The molecule has 7 heteroatoms. The smallest absolute Gasteiger partial charge is 0.229 e. The summed E-state index contributed by atoms with van der Waals surface area (Å²) in [6, 6.07) is 16.8. The van der Waals surface area contributed by atoms with E-state index in [9.17, 15) is 9.59 Å². The molecule has 2 amide bonds. The summed E-state index contributed by atoms with van der Waals surface area (Å²) in [6.45, 7) is 5.76. The third kappa shape index (κ3) is 5.73. The minimum atomic E-state index is -0.357. The summed E-state index contributed by atoms with van der Waals surface area (Å²) in [5.74, 6) is 2.55. The van der Waals surface area contributed by atoms with E-state index in [4.69, 9.17) is 9.72 Å². The van der Waals surface area contributed by atoms with Gasteiger partial charge in [-0.05, 0) is 82.1 Å². The van der Waals surface area contributed by atoms with Gasteiger partial charge in [-0.1, -0.05) is 36.8 Å². The van der Waals surface area contributed by atoms with Crippen molar-refractivity contribution in [3.05, 3.63) is 59.9 Å². The van der Waals surface area contributed by atoms with Gasteiger partial charge in [-0.15, -0.1) is 0 Å². The molecule has 6 rings (SSSR count). The quantitative estimate of drug-likeness (QED) is 0.399. The van der Waals surface area contributed by atoms with Gasteiger partial charge in [0.1, 0.15) is 18.2 Å². The molecule has 0 saturated carbocycles. The number of carbonyl (C=O) groups is 2. The van der Waals surface area contributed by atoms with Crippen LogP contribution in [-0.4, -0.2) is 63.4 Å². The Kier molecular flexibility index (Phi) is 8.31. The van der Waals surface area contributed by atoms with Crippen molar-refractivity contribution in [1.82, 2.24) is 19.4 Å². The molecule has 4 heterocycles. The fourth-order valence-electron chi connectivity index (χ4n) is 7.38. The number of fused-ring (bicyclic) bond motifs is 3. The number of piperidine rings is 1. The molecule has 0 bridgehead atoms. The molecular formula is C34H44N4O3. The first-order chi connectivity index (χ1) is 20.1. The lowest BCUT2D eigenvalue weighted by atomic mass is 9.72. The van der Waals surface area contributed by atoms with Gasteiger partial charge in [0.15, 0.2) is 0 Å². The molecule has 0 unspecified atom stereocenters. The highest BCUT2D eigenvalue weighted by atomic mass is 16.5. The van der Waals surface area contributed by atoms with Crippen molar-refractivity contribution in [2.45, 2.75) is 90.1 Å². The number of imidazole rings is 1. The highest BCUT2D eigenvalue weighted by molar-refractivity contribution is 5.84. The van der Waals surface area contributed by atoms with E-state index >= 15 is 0 Å². The van der Waals surface area contributed by atoms with Gasteiger partial charge in [0.25, 0.3) is 0 Å².